The van der Waals surface area contributed by atoms with Crippen molar-refractivity contribution < 1.29 is 36.6 Å². The van der Waals surface area contributed by atoms with Crippen LogP contribution in [-0.4, -0.2) is 59.1 Å². The van der Waals surface area contributed by atoms with Crippen LogP contribution in [0.3, 0.4) is 0 Å². The lowest BCUT2D eigenvalue weighted by Gasteiger charge is -2.31. The van der Waals surface area contributed by atoms with Gasteiger partial charge in [-0.25, -0.2) is 12.8 Å². The first-order valence-corrected chi connectivity index (χ1v) is 15.9. The molecule has 10 nitrogen and oxygen atoms in total. The molecule has 1 unspecified atom stereocenters. The fourth-order valence-corrected chi connectivity index (χ4v) is 5.62. The minimum absolute atomic E-state index is 0.0501. The Labute approximate surface area is 268 Å². The maximum Gasteiger partial charge on any atom is 0.261 e. The van der Waals surface area contributed by atoms with E-state index in [0.717, 1.165) is 17.7 Å². The molecule has 0 aliphatic rings. The number of ether oxygens (including phenoxy) is 3. The molecule has 2 N–H and O–H groups in total. The van der Waals surface area contributed by atoms with Crippen LogP contribution in [0.15, 0.2) is 108 Å². The van der Waals surface area contributed by atoms with Crippen molar-refractivity contribution in [3.63, 3.8) is 0 Å². The normalized spacial score (nSPS) is 11.7. The molecule has 4 rings (SSSR count). The van der Waals surface area contributed by atoms with E-state index in [1.807, 2.05) is 18.2 Å². The van der Waals surface area contributed by atoms with Crippen molar-refractivity contribution >= 4 is 27.5 Å². The molecule has 12 heteroatoms. The van der Waals surface area contributed by atoms with Crippen LogP contribution in [0.4, 0.5) is 10.1 Å². The summed E-state index contributed by atoms with van der Waals surface area (Å²) in [5, 5.41) is 2.91. The number of carbonyl (C=O) groups excluding carboxylic acids is 2. The average Bonchev–Trinajstić information content (AvgIpc) is 3.07. The summed E-state index contributed by atoms with van der Waals surface area (Å²) in [6.07, 6.45) is 0.602. The molecular formula is C34H36FN3O7S. The van der Waals surface area contributed by atoms with Crippen molar-refractivity contribution in [1.29, 1.82) is 0 Å². The van der Waals surface area contributed by atoms with E-state index >= 15 is 0 Å². The quantitative estimate of drug-likeness (QED) is 0.165. The Morgan fingerprint density at radius 1 is 0.848 bits per heavy atom. The van der Waals surface area contributed by atoms with E-state index in [1.165, 1.54) is 41.3 Å². The van der Waals surface area contributed by atoms with Crippen LogP contribution >= 0.6 is 0 Å². The number of methoxy groups -OCH3 is 2. The first kappa shape index (κ1) is 33.9. The maximum absolute atomic E-state index is 13.8. The minimum atomic E-state index is -3.95. The number of halogens is 1. The highest BCUT2D eigenvalue weighted by molar-refractivity contribution is 7.92. The summed E-state index contributed by atoms with van der Waals surface area (Å²) in [5.74, 6) is -0.407. The standard InChI is InChI=1S/C34H36FN3O7S/c1-43-22-6-21-36-34(40)33(26-7-4-3-5-8-26)38(23-25-9-15-29(44-2)16-10-25)32(39)24-45-30-17-19-31(20-18-30)46(41,42)37-28-13-11-27(35)12-14-28/h3-5,7-20,33,37H,6,21-24H2,1-2H3,(H,36,40). The van der Waals surface area contributed by atoms with E-state index in [2.05, 4.69) is 10.0 Å². The van der Waals surface area contributed by atoms with Crippen molar-refractivity contribution in [3.8, 4) is 11.5 Å². The second-order valence-electron chi connectivity index (χ2n) is 10.2. The third kappa shape index (κ3) is 9.53. The van der Waals surface area contributed by atoms with Crippen LogP contribution in [0.25, 0.3) is 0 Å². The highest BCUT2D eigenvalue weighted by atomic mass is 32.2. The molecule has 0 radical (unpaired) electrons. The van der Waals surface area contributed by atoms with Gasteiger partial charge in [-0.15, -0.1) is 0 Å². The van der Waals surface area contributed by atoms with Gasteiger partial charge in [-0.1, -0.05) is 42.5 Å². The van der Waals surface area contributed by atoms with Crippen molar-refractivity contribution in [2.45, 2.75) is 23.9 Å². The molecule has 0 heterocycles. The summed E-state index contributed by atoms with van der Waals surface area (Å²) in [6, 6.07) is 25.7. The Kier molecular flexibility index (Phi) is 12.1. The summed E-state index contributed by atoms with van der Waals surface area (Å²) in [7, 11) is -0.809. The summed E-state index contributed by atoms with van der Waals surface area (Å²) in [6.45, 7) is 0.517. The molecule has 0 fully saturated rings. The van der Waals surface area contributed by atoms with E-state index in [0.29, 0.717) is 30.9 Å². The van der Waals surface area contributed by atoms with Crippen LogP contribution in [-0.2, 0) is 30.9 Å². The third-order valence-electron chi connectivity index (χ3n) is 6.92. The molecule has 4 aromatic rings. The molecule has 0 spiro atoms. The molecule has 4 aromatic carbocycles. The monoisotopic (exact) mass is 649 g/mol. The number of rotatable bonds is 16. The summed E-state index contributed by atoms with van der Waals surface area (Å²) < 4.78 is 57.3. The van der Waals surface area contributed by atoms with E-state index in [4.69, 9.17) is 14.2 Å². The number of nitrogens with zero attached hydrogens (tertiary/aromatic N) is 1. The SMILES string of the molecule is COCCCNC(=O)C(c1ccccc1)N(Cc1ccc(OC)cc1)C(=O)COc1ccc(S(=O)(=O)Nc2ccc(F)cc2)cc1. The van der Waals surface area contributed by atoms with Crippen LogP contribution in [0.1, 0.15) is 23.6 Å². The first-order chi connectivity index (χ1) is 22.2. The van der Waals surface area contributed by atoms with Crippen LogP contribution in [0.5, 0.6) is 11.5 Å². The molecule has 0 bridgehead atoms. The smallest absolute Gasteiger partial charge is 0.261 e. The van der Waals surface area contributed by atoms with Gasteiger partial charge in [0.25, 0.3) is 15.9 Å². The number of hydrogen-bond donors (Lipinski definition) is 2. The Hall–Kier alpha value is -4.94. The number of benzene rings is 4. The lowest BCUT2D eigenvalue weighted by atomic mass is 10.0. The Morgan fingerprint density at radius 3 is 2.13 bits per heavy atom. The van der Waals surface area contributed by atoms with E-state index in [9.17, 15) is 22.4 Å². The molecule has 0 saturated carbocycles. The van der Waals surface area contributed by atoms with Crippen LogP contribution in [0, 0.1) is 5.82 Å². The molecule has 46 heavy (non-hydrogen) atoms. The van der Waals surface area contributed by atoms with Gasteiger partial charge in [0.2, 0.25) is 5.91 Å². The van der Waals surface area contributed by atoms with Crippen molar-refractivity contribution in [2.75, 3.05) is 38.7 Å². The summed E-state index contributed by atoms with van der Waals surface area (Å²) in [5.41, 5.74) is 1.60. The van der Waals surface area contributed by atoms with Crippen LogP contribution < -0.4 is 19.5 Å². The summed E-state index contributed by atoms with van der Waals surface area (Å²) >= 11 is 0. The average molecular weight is 650 g/mol. The maximum atomic E-state index is 13.8. The van der Waals surface area contributed by atoms with E-state index in [1.54, 1.807) is 50.6 Å². The van der Waals surface area contributed by atoms with Crippen LogP contribution in [0.2, 0.25) is 0 Å². The molecule has 1 atom stereocenters. The van der Waals surface area contributed by atoms with Gasteiger partial charge < -0.3 is 24.4 Å². The van der Waals surface area contributed by atoms with Gasteiger partial charge in [0.1, 0.15) is 23.4 Å². The fraction of sp³-hybridized carbons (Fsp3) is 0.235. The highest BCUT2D eigenvalue weighted by Gasteiger charge is 2.32. The highest BCUT2D eigenvalue weighted by Crippen LogP contribution is 2.26. The second-order valence-corrected chi connectivity index (χ2v) is 11.9. The Balaban J connectivity index is 1.53. The molecule has 0 aliphatic heterocycles. The number of hydrogen-bond acceptors (Lipinski definition) is 7. The molecular weight excluding hydrogens is 613 g/mol. The molecule has 0 aromatic heterocycles. The van der Waals surface area contributed by atoms with Gasteiger partial charge in [0.15, 0.2) is 6.61 Å². The van der Waals surface area contributed by atoms with Crippen molar-refractivity contribution in [1.82, 2.24) is 10.2 Å². The van der Waals surface area contributed by atoms with Gasteiger partial charge >= 0.3 is 0 Å². The number of sulfonamides is 1. The lowest BCUT2D eigenvalue weighted by molar-refractivity contribution is -0.143. The molecule has 242 valence electrons. The third-order valence-corrected chi connectivity index (χ3v) is 8.32. The van der Waals surface area contributed by atoms with E-state index < -0.39 is 34.4 Å². The topological polar surface area (TPSA) is 123 Å². The van der Waals surface area contributed by atoms with Gasteiger partial charge in [-0.2, -0.15) is 0 Å². The Bertz CT molecular complexity index is 1670. The molecule has 2 amide bonds. The van der Waals surface area contributed by atoms with Gasteiger partial charge in [-0.05, 0) is 78.2 Å². The second kappa shape index (κ2) is 16.4. The number of nitrogens with one attached hydrogen (secondary N) is 2. The zero-order valence-electron chi connectivity index (χ0n) is 25.5. The number of amides is 2. The molecule has 0 aliphatic carbocycles. The van der Waals surface area contributed by atoms with Crippen molar-refractivity contribution in [2.24, 2.45) is 0 Å². The fourth-order valence-electron chi connectivity index (χ4n) is 4.56. The van der Waals surface area contributed by atoms with E-state index in [-0.39, 0.29) is 28.8 Å². The number of carbonyl (C=O) groups is 2. The first-order valence-electron chi connectivity index (χ1n) is 14.5. The minimum Gasteiger partial charge on any atom is -0.497 e. The predicted octanol–water partition coefficient (Wildman–Crippen LogP) is 4.94. The zero-order chi connectivity index (χ0) is 32.9. The van der Waals surface area contributed by atoms with Gasteiger partial charge in [0.05, 0.1) is 12.0 Å². The summed E-state index contributed by atoms with van der Waals surface area (Å²) in [4.78, 5) is 28.8. The molecule has 0 saturated heterocycles. The Morgan fingerprint density at radius 2 is 1.50 bits per heavy atom. The predicted molar refractivity (Wildman–Crippen MR) is 171 cm³/mol. The van der Waals surface area contributed by atoms with Gasteiger partial charge in [-0.3, -0.25) is 14.3 Å². The largest absolute Gasteiger partial charge is 0.497 e. The number of anilines is 1. The van der Waals surface area contributed by atoms with Crippen molar-refractivity contribution in [3.05, 3.63) is 120 Å². The van der Waals surface area contributed by atoms with Gasteiger partial charge in [0, 0.05) is 32.5 Å². The lowest BCUT2D eigenvalue weighted by Crippen LogP contribution is -2.45. The zero-order valence-corrected chi connectivity index (χ0v) is 26.3.